The number of alkyl halides is 3. The molecule has 0 fully saturated rings. The molecular weight excluding hydrogens is 451 g/mol. The molecule has 2 aromatic carbocycles. The predicted molar refractivity (Wildman–Crippen MR) is 118 cm³/mol. The molecule has 34 heavy (non-hydrogen) atoms. The highest BCUT2D eigenvalue weighted by Crippen LogP contribution is 2.49. The van der Waals surface area contributed by atoms with Gasteiger partial charge < -0.3 is 14.2 Å². The molecule has 0 N–H and O–H groups in total. The Bertz CT molecular complexity index is 1150. The molecule has 0 bridgehead atoms. The monoisotopic (exact) mass is 475 g/mol. The molecule has 2 aliphatic rings. The van der Waals surface area contributed by atoms with E-state index in [1.165, 1.54) is 38.4 Å². The highest BCUT2D eigenvalue weighted by atomic mass is 19.4. The van der Waals surface area contributed by atoms with Gasteiger partial charge in [-0.1, -0.05) is 6.07 Å². The molecule has 2 aromatic rings. The van der Waals surface area contributed by atoms with E-state index < -0.39 is 17.7 Å². The van der Waals surface area contributed by atoms with Crippen molar-refractivity contribution in [1.29, 1.82) is 0 Å². The molecule has 0 spiro atoms. The minimum Gasteiger partial charge on any atom is -0.493 e. The Morgan fingerprint density at radius 1 is 0.882 bits per heavy atom. The van der Waals surface area contributed by atoms with Crippen LogP contribution in [0.1, 0.15) is 42.7 Å². The van der Waals surface area contributed by atoms with E-state index in [-0.39, 0.29) is 18.1 Å². The van der Waals surface area contributed by atoms with Crippen molar-refractivity contribution in [1.82, 2.24) is 0 Å². The second-order valence-electron chi connectivity index (χ2n) is 8.09. The molecule has 0 saturated heterocycles. The molecule has 0 radical (unpaired) electrons. The Morgan fingerprint density at radius 2 is 1.56 bits per heavy atom. The zero-order valence-electron chi connectivity index (χ0n) is 19.0. The number of ether oxygens (including phenoxy) is 3. The molecule has 0 saturated carbocycles. The molecule has 180 valence electrons. The van der Waals surface area contributed by atoms with Crippen LogP contribution in [0.4, 0.5) is 18.9 Å². The molecule has 1 aliphatic carbocycles. The summed E-state index contributed by atoms with van der Waals surface area (Å²) in [4.78, 5) is 27.9. The lowest BCUT2D eigenvalue weighted by Gasteiger charge is -2.38. The van der Waals surface area contributed by atoms with Crippen LogP contribution in [-0.4, -0.2) is 33.0 Å². The smallest absolute Gasteiger partial charge is 0.416 e. The van der Waals surface area contributed by atoms with E-state index in [4.69, 9.17) is 14.2 Å². The largest absolute Gasteiger partial charge is 0.493 e. The number of anilines is 1. The van der Waals surface area contributed by atoms with Crippen molar-refractivity contribution in [3.63, 3.8) is 0 Å². The van der Waals surface area contributed by atoms with Crippen molar-refractivity contribution in [3.8, 4) is 17.2 Å². The fourth-order valence-corrected chi connectivity index (χ4v) is 4.76. The summed E-state index contributed by atoms with van der Waals surface area (Å²) in [5.74, 6) is 0.192. The number of ketones is 1. The minimum atomic E-state index is -4.48. The Hall–Kier alpha value is -3.49. The van der Waals surface area contributed by atoms with E-state index in [0.29, 0.717) is 59.0 Å². The number of allylic oxidation sites excluding steroid dienone is 2. The molecule has 0 unspecified atom stereocenters. The van der Waals surface area contributed by atoms with E-state index in [2.05, 4.69) is 0 Å². The van der Waals surface area contributed by atoms with Crippen LogP contribution in [0.15, 0.2) is 47.7 Å². The fraction of sp³-hybridized carbons (Fsp3) is 0.360. The minimum absolute atomic E-state index is 0.0442. The summed E-state index contributed by atoms with van der Waals surface area (Å²) in [6, 6.07) is 7.85. The number of carbonyl (C=O) groups is 2. The highest BCUT2D eigenvalue weighted by Gasteiger charge is 2.41. The molecule has 6 nitrogen and oxygen atoms in total. The van der Waals surface area contributed by atoms with Gasteiger partial charge >= 0.3 is 6.18 Å². The molecular formula is C25H24F3NO5. The van der Waals surface area contributed by atoms with E-state index >= 15 is 0 Å². The van der Waals surface area contributed by atoms with Crippen molar-refractivity contribution < 1.29 is 37.0 Å². The van der Waals surface area contributed by atoms with Crippen LogP contribution in [-0.2, 0) is 15.8 Å². The van der Waals surface area contributed by atoms with Gasteiger partial charge in [-0.3, -0.25) is 14.5 Å². The van der Waals surface area contributed by atoms with Crippen LogP contribution in [0.25, 0.3) is 0 Å². The molecule has 1 atom stereocenters. The molecule has 9 heteroatoms. The number of hydrogen-bond acceptors (Lipinski definition) is 5. The number of nitrogens with zero attached hydrogens (tertiary/aromatic N) is 1. The summed E-state index contributed by atoms with van der Waals surface area (Å²) in [6.45, 7) is 0. The van der Waals surface area contributed by atoms with E-state index in [1.807, 2.05) is 0 Å². The fourth-order valence-electron chi connectivity index (χ4n) is 4.76. The number of carbonyl (C=O) groups excluding carboxylic acids is 2. The Labute approximate surface area is 194 Å². The van der Waals surface area contributed by atoms with Crippen LogP contribution in [0.5, 0.6) is 17.2 Å². The second kappa shape index (κ2) is 9.04. The highest BCUT2D eigenvalue weighted by molar-refractivity contribution is 6.07. The third-order valence-electron chi connectivity index (χ3n) is 6.24. The van der Waals surface area contributed by atoms with Gasteiger partial charge in [0.05, 0.1) is 26.9 Å². The summed E-state index contributed by atoms with van der Waals surface area (Å²) < 4.78 is 55.5. The Morgan fingerprint density at radius 3 is 2.15 bits per heavy atom. The number of hydrogen-bond donors (Lipinski definition) is 0. The lowest BCUT2D eigenvalue weighted by atomic mass is 9.76. The van der Waals surface area contributed by atoms with Gasteiger partial charge in [-0.25, -0.2) is 0 Å². The average Bonchev–Trinajstić information content (AvgIpc) is 2.82. The quantitative estimate of drug-likeness (QED) is 0.591. The van der Waals surface area contributed by atoms with Gasteiger partial charge in [-0.2, -0.15) is 13.2 Å². The SMILES string of the molecule is COc1ccc([C@@H]2CC(=O)N(c3ccc(C(F)(F)F)cc3)C3=C2C(=O)CCC3)c(OC)c1OC. The van der Waals surface area contributed by atoms with Crippen LogP contribution in [0, 0.1) is 0 Å². The van der Waals surface area contributed by atoms with E-state index in [0.717, 1.165) is 12.1 Å². The molecule has 1 aliphatic heterocycles. The number of methoxy groups -OCH3 is 3. The average molecular weight is 475 g/mol. The standard InChI is InChI=1S/C25H24F3NO5/c1-32-20-12-11-16(23(33-2)24(20)34-3)17-13-21(31)29(18-5-4-6-19(30)22(17)18)15-9-7-14(8-10-15)25(26,27)28/h7-12,17H,4-6,13H2,1-3H3/t17-/m0/s1. The Kier molecular flexibility index (Phi) is 6.29. The molecule has 0 aromatic heterocycles. The topological polar surface area (TPSA) is 65.1 Å². The van der Waals surface area contributed by atoms with E-state index in [1.54, 1.807) is 12.1 Å². The maximum Gasteiger partial charge on any atom is 0.416 e. The first kappa shape index (κ1) is 23.7. The van der Waals surface area contributed by atoms with Crippen molar-refractivity contribution in [2.24, 2.45) is 0 Å². The normalized spacial score (nSPS) is 18.6. The number of amides is 1. The predicted octanol–water partition coefficient (Wildman–Crippen LogP) is 5.26. The first-order valence-corrected chi connectivity index (χ1v) is 10.8. The molecule has 1 amide bonds. The van der Waals surface area contributed by atoms with Gasteiger partial charge in [0.25, 0.3) is 0 Å². The first-order valence-electron chi connectivity index (χ1n) is 10.8. The zero-order chi connectivity index (χ0) is 24.6. The van der Waals surface area contributed by atoms with Crippen LogP contribution in [0.3, 0.4) is 0 Å². The summed E-state index contributed by atoms with van der Waals surface area (Å²) >= 11 is 0. The molecule has 4 rings (SSSR count). The Balaban J connectivity index is 1.85. The third kappa shape index (κ3) is 3.99. The number of Topliss-reactive ketones (excluding diaryl/α,β-unsaturated/α-hetero) is 1. The van der Waals surface area contributed by atoms with Crippen LogP contribution < -0.4 is 19.1 Å². The van der Waals surface area contributed by atoms with Gasteiger partial charge in [0.15, 0.2) is 17.3 Å². The van der Waals surface area contributed by atoms with Gasteiger partial charge in [-0.15, -0.1) is 0 Å². The van der Waals surface area contributed by atoms with Crippen molar-refractivity contribution in [2.75, 3.05) is 26.2 Å². The third-order valence-corrected chi connectivity index (χ3v) is 6.24. The zero-order valence-corrected chi connectivity index (χ0v) is 19.0. The van der Waals surface area contributed by atoms with Gasteiger partial charge in [0.1, 0.15) is 0 Å². The van der Waals surface area contributed by atoms with Crippen LogP contribution >= 0.6 is 0 Å². The summed E-state index contributed by atoms with van der Waals surface area (Å²) in [5.41, 5.74) is 1.12. The van der Waals surface area contributed by atoms with E-state index in [9.17, 15) is 22.8 Å². The summed E-state index contributed by atoms with van der Waals surface area (Å²) in [6.07, 6.45) is -3.18. The summed E-state index contributed by atoms with van der Waals surface area (Å²) in [7, 11) is 4.44. The molecule has 1 heterocycles. The van der Waals surface area contributed by atoms with Gasteiger partial charge in [-0.05, 0) is 43.2 Å². The maximum absolute atomic E-state index is 13.4. The lowest BCUT2D eigenvalue weighted by Crippen LogP contribution is -2.40. The number of benzene rings is 2. The lowest BCUT2D eigenvalue weighted by molar-refractivity contribution is -0.137. The second-order valence-corrected chi connectivity index (χ2v) is 8.09. The summed E-state index contributed by atoms with van der Waals surface area (Å²) in [5, 5.41) is 0. The van der Waals surface area contributed by atoms with Gasteiger partial charge in [0.2, 0.25) is 11.7 Å². The number of halogens is 3. The van der Waals surface area contributed by atoms with Gasteiger partial charge in [0, 0.05) is 41.3 Å². The first-order chi connectivity index (χ1) is 16.2. The van der Waals surface area contributed by atoms with Crippen molar-refractivity contribution in [2.45, 2.75) is 37.8 Å². The number of rotatable bonds is 5. The maximum atomic E-state index is 13.4. The van der Waals surface area contributed by atoms with Crippen molar-refractivity contribution in [3.05, 3.63) is 58.8 Å². The van der Waals surface area contributed by atoms with Crippen LogP contribution in [0.2, 0.25) is 0 Å². The van der Waals surface area contributed by atoms with Crippen molar-refractivity contribution >= 4 is 17.4 Å².